The molecule has 0 spiro atoms. The van der Waals surface area contributed by atoms with Crippen LogP contribution in [0.1, 0.15) is 129 Å². The van der Waals surface area contributed by atoms with Crippen molar-refractivity contribution >= 4 is 19.8 Å². The van der Waals surface area contributed by atoms with Crippen molar-refractivity contribution in [3.05, 3.63) is 0 Å². The Morgan fingerprint density at radius 3 is 1.47 bits per heavy atom. The number of hydrogen-bond acceptors (Lipinski definition) is 12. The van der Waals surface area contributed by atoms with Gasteiger partial charge in [0.05, 0.1) is 6.61 Å². The van der Waals surface area contributed by atoms with E-state index in [1.54, 1.807) is 0 Å². The van der Waals surface area contributed by atoms with E-state index in [4.69, 9.17) is 18.5 Å². The highest BCUT2D eigenvalue weighted by atomic mass is 31.2. The largest absolute Gasteiger partial charge is 0.472 e. The fraction of sp³-hybridized carbons (Fsp3) is 0.935. The van der Waals surface area contributed by atoms with Crippen LogP contribution in [0.5, 0.6) is 0 Å². The Hall–Kier alpha value is -1.15. The first-order valence-corrected chi connectivity index (χ1v) is 18.3. The highest BCUT2D eigenvalue weighted by Gasteiger charge is 2.51. The molecule has 0 aliphatic heterocycles. The van der Waals surface area contributed by atoms with Crippen LogP contribution in [0.4, 0.5) is 0 Å². The van der Waals surface area contributed by atoms with Gasteiger partial charge in [-0.1, -0.05) is 104 Å². The third-order valence-corrected chi connectivity index (χ3v) is 8.93. The molecule has 0 saturated heterocycles. The number of aliphatic hydroxyl groups excluding tert-OH is 5. The van der Waals surface area contributed by atoms with Crippen molar-refractivity contribution in [1.29, 1.82) is 0 Å². The summed E-state index contributed by atoms with van der Waals surface area (Å²) in [4.78, 5) is 35.0. The Balaban J connectivity index is 2.61. The van der Waals surface area contributed by atoms with Gasteiger partial charge in [0, 0.05) is 12.8 Å². The summed E-state index contributed by atoms with van der Waals surface area (Å²) in [6.07, 6.45) is 3.82. The molecule has 14 heteroatoms. The van der Waals surface area contributed by atoms with Crippen LogP contribution < -0.4 is 0 Å². The van der Waals surface area contributed by atoms with Crippen molar-refractivity contribution in [3.8, 4) is 0 Å². The third kappa shape index (κ3) is 18.1. The van der Waals surface area contributed by atoms with E-state index in [0.717, 1.165) is 51.4 Å². The van der Waals surface area contributed by atoms with E-state index in [-0.39, 0.29) is 12.8 Å². The maximum absolute atomic E-state index is 12.6. The summed E-state index contributed by atoms with van der Waals surface area (Å²) in [7, 11) is -5.09. The number of aliphatic hydroxyl groups is 5. The molecule has 266 valence electrons. The lowest BCUT2D eigenvalue weighted by Gasteiger charge is -2.41. The normalized spacial score (nSPS) is 25.4. The summed E-state index contributed by atoms with van der Waals surface area (Å²) >= 11 is 0. The molecule has 1 saturated carbocycles. The second-order valence-corrected chi connectivity index (χ2v) is 13.4. The Bertz CT molecular complexity index is 828. The van der Waals surface area contributed by atoms with Crippen LogP contribution in [-0.2, 0) is 32.7 Å². The second-order valence-electron chi connectivity index (χ2n) is 12.0. The first-order chi connectivity index (χ1) is 21.4. The van der Waals surface area contributed by atoms with E-state index >= 15 is 0 Å². The first-order valence-electron chi connectivity index (χ1n) is 16.8. The van der Waals surface area contributed by atoms with Gasteiger partial charge in [-0.25, -0.2) is 4.57 Å². The van der Waals surface area contributed by atoms with Crippen molar-refractivity contribution < 1.29 is 63.1 Å². The molecule has 6 unspecified atom stereocenters. The number of esters is 2. The minimum absolute atomic E-state index is 0.0997. The van der Waals surface area contributed by atoms with E-state index in [2.05, 4.69) is 13.8 Å². The standard InChI is InChI=1S/C31H59O13P/c1-3-5-7-9-11-12-14-15-17-19-24(32)41-21-23(43-25(33)20-18-16-13-10-8-6-4-2)22-42-45(39,40)44-31-29(37)27(35)26(34)28(36)30(31)38/h23,26-31,34-38H,3-22H2,1-2H3,(H,39,40)/t23-,26?,27-,28?,29?,30?,31?/m1/s1. The third-order valence-electron chi connectivity index (χ3n) is 7.95. The maximum Gasteiger partial charge on any atom is 0.472 e. The zero-order valence-corrected chi connectivity index (χ0v) is 28.1. The van der Waals surface area contributed by atoms with Crippen molar-refractivity contribution in [2.45, 2.75) is 172 Å². The van der Waals surface area contributed by atoms with Crippen molar-refractivity contribution in [3.63, 3.8) is 0 Å². The van der Waals surface area contributed by atoms with Crippen LogP contribution in [0.25, 0.3) is 0 Å². The van der Waals surface area contributed by atoms with Gasteiger partial charge < -0.3 is 39.9 Å². The van der Waals surface area contributed by atoms with E-state index < -0.39 is 75.7 Å². The van der Waals surface area contributed by atoms with Crippen LogP contribution in [0.2, 0.25) is 0 Å². The van der Waals surface area contributed by atoms with E-state index in [0.29, 0.717) is 12.8 Å². The molecular weight excluding hydrogens is 611 g/mol. The molecule has 8 atom stereocenters. The van der Waals surface area contributed by atoms with Crippen LogP contribution in [0, 0.1) is 0 Å². The van der Waals surface area contributed by atoms with Gasteiger partial charge >= 0.3 is 19.8 Å². The summed E-state index contributed by atoms with van der Waals surface area (Å²) in [6.45, 7) is 3.15. The topological polar surface area (TPSA) is 210 Å². The number of hydrogen-bond donors (Lipinski definition) is 6. The number of ether oxygens (including phenoxy) is 2. The summed E-state index contributed by atoms with van der Waals surface area (Å²) in [5.41, 5.74) is 0. The Labute approximate surface area is 268 Å². The molecule has 0 bridgehead atoms. The number of phosphoric ester groups is 1. The average Bonchev–Trinajstić information content (AvgIpc) is 3.01. The molecule has 1 rings (SSSR count). The lowest BCUT2D eigenvalue weighted by molar-refractivity contribution is -0.220. The van der Waals surface area contributed by atoms with Gasteiger partial charge in [-0.05, 0) is 12.8 Å². The van der Waals surface area contributed by atoms with Gasteiger partial charge in [-0.15, -0.1) is 0 Å². The molecule has 6 N–H and O–H groups in total. The average molecular weight is 671 g/mol. The highest BCUT2D eigenvalue weighted by molar-refractivity contribution is 7.47. The minimum atomic E-state index is -5.09. The van der Waals surface area contributed by atoms with Crippen LogP contribution >= 0.6 is 7.82 Å². The molecule has 1 aliphatic carbocycles. The zero-order chi connectivity index (χ0) is 33.7. The Kier molecular flexibility index (Phi) is 22.4. The molecule has 0 heterocycles. The molecule has 0 amide bonds. The van der Waals surface area contributed by atoms with Gasteiger partial charge in [0.15, 0.2) is 6.10 Å². The smallest absolute Gasteiger partial charge is 0.462 e. The van der Waals surface area contributed by atoms with E-state index in [1.807, 2.05) is 0 Å². The molecule has 0 radical (unpaired) electrons. The predicted octanol–water partition coefficient (Wildman–Crippen LogP) is 3.82. The maximum atomic E-state index is 12.6. The summed E-state index contributed by atoms with van der Waals surface area (Å²) < 4.78 is 33.0. The lowest BCUT2D eigenvalue weighted by Crippen LogP contribution is -2.64. The lowest BCUT2D eigenvalue weighted by atomic mass is 9.85. The highest BCUT2D eigenvalue weighted by Crippen LogP contribution is 2.47. The molecule has 0 aromatic rings. The van der Waals surface area contributed by atoms with E-state index in [9.17, 15) is 44.6 Å². The number of carbonyl (C=O) groups excluding carboxylic acids is 2. The summed E-state index contributed by atoms with van der Waals surface area (Å²) in [5.74, 6) is -1.11. The van der Waals surface area contributed by atoms with Gasteiger partial charge in [0.2, 0.25) is 0 Å². The van der Waals surface area contributed by atoms with Gasteiger partial charge in [-0.2, -0.15) is 0 Å². The first kappa shape index (κ1) is 41.9. The fourth-order valence-electron chi connectivity index (χ4n) is 5.11. The van der Waals surface area contributed by atoms with Gasteiger partial charge in [0.1, 0.15) is 43.2 Å². The van der Waals surface area contributed by atoms with Crippen LogP contribution in [-0.4, -0.2) is 98.3 Å². The fourth-order valence-corrected chi connectivity index (χ4v) is 6.08. The molecule has 45 heavy (non-hydrogen) atoms. The van der Waals surface area contributed by atoms with Gasteiger partial charge in [-0.3, -0.25) is 18.6 Å². The molecule has 1 fully saturated rings. The molecular formula is C31H59O13P. The minimum Gasteiger partial charge on any atom is -0.462 e. The van der Waals surface area contributed by atoms with Crippen molar-refractivity contribution in [2.24, 2.45) is 0 Å². The number of unbranched alkanes of at least 4 members (excludes halogenated alkanes) is 14. The molecule has 0 aromatic heterocycles. The molecule has 1 aliphatic rings. The SMILES string of the molecule is CCCCCCCCCCCC(=O)OC[C@H](COP(=O)(O)OC1C(O)C(O)C(O)[C@@H](O)C1O)OC(=O)CCCCCCCCC. The van der Waals surface area contributed by atoms with Gasteiger partial charge in [0.25, 0.3) is 0 Å². The van der Waals surface area contributed by atoms with Crippen molar-refractivity contribution in [2.75, 3.05) is 13.2 Å². The molecule has 13 nitrogen and oxygen atoms in total. The Morgan fingerprint density at radius 2 is 1.00 bits per heavy atom. The number of rotatable bonds is 26. The van der Waals surface area contributed by atoms with E-state index in [1.165, 1.54) is 38.5 Å². The monoisotopic (exact) mass is 670 g/mol. The number of carbonyl (C=O) groups is 2. The second kappa shape index (κ2) is 24.1. The number of phosphoric acid groups is 1. The van der Waals surface area contributed by atoms with Crippen molar-refractivity contribution in [1.82, 2.24) is 0 Å². The summed E-state index contributed by atoms with van der Waals surface area (Å²) in [6, 6.07) is 0. The van der Waals surface area contributed by atoms with Crippen LogP contribution in [0.3, 0.4) is 0 Å². The van der Waals surface area contributed by atoms with Crippen LogP contribution in [0.15, 0.2) is 0 Å². The molecule has 0 aromatic carbocycles. The summed E-state index contributed by atoms with van der Waals surface area (Å²) in [5, 5.41) is 49.6. The Morgan fingerprint density at radius 1 is 0.600 bits per heavy atom. The predicted molar refractivity (Wildman–Crippen MR) is 166 cm³/mol. The quantitative estimate of drug-likeness (QED) is 0.0440. The zero-order valence-electron chi connectivity index (χ0n) is 27.2.